The van der Waals surface area contributed by atoms with Crippen LogP contribution < -0.4 is 5.56 Å². The highest BCUT2D eigenvalue weighted by atomic mass is 35.5. The van der Waals surface area contributed by atoms with E-state index in [1.165, 1.54) is 17.0 Å². The van der Waals surface area contributed by atoms with Crippen LogP contribution in [0.5, 0.6) is 0 Å². The summed E-state index contributed by atoms with van der Waals surface area (Å²) < 4.78 is 1.47. The zero-order valence-electron chi connectivity index (χ0n) is 9.72. The van der Waals surface area contributed by atoms with E-state index < -0.39 is 0 Å². The number of benzene rings is 1. The number of nitrogens with zero attached hydrogens (tertiary/aromatic N) is 3. The Balaban J connectivity index is 2.35. The van der Waals surface area contributed by atoms with Gasteiger partial charge in [0.15, 0.2) is 0 Å². The SMILES string of the molecule is Cc1cc(=O)n(Cc2ccc(C#N)cc2Cl)cn1. The van der Waals surface area contributed by atoms with Gasteiger partial charge in [-0.05, 0) is 24.6 Å². The third kappa shape index (κ3) is 2.58. The first-order valence-corrected chi connectivity index (χ1v) is 5.69. The van der Waals surface area contributed by atoms with Crippen molar-refractivity contribution in [1.82, 2.24) is 9.55 Å². The maximum atomic E-state index is 11.7. The smallest absolute Gasteiger partial charge is 0.253 e. The second-order valence-corrected chi connectivity index (χ2v) is 4.32. The number of halogens is 1. The predicted octanol–water partition coefficient (Wildman–Crippen LogP) is 2.13. The minimum Gasteiger partial charge on any atom is -0.295 e. The van der Waals surface area contributed by atoms with Gasteiger partial charge in [0.05, 0.1) is 24.5 Å². The number of hydrogen-bond acceptors (Lipinski definition) is 3. The quantitative estimate of drug-likeness (QED) is 0.830. The van der Waals surface area contributed by atoms with E-state index in [-0.39, 0.29) is 5.56 Å². The molecule has 2 aromatic rings. The number of rotatable bonds is 2. The molecule has 0 aliphatic carbocycles. The summed E-state index contributed by atoms with van der Waals surface area (Å²) in [5.74, 6) is 0. The standard InChI is InChI=1S/C13H10ClN3O/c1-9-4-13(18)17(8-16-9)7-11-3-2-10(6-15)5-12(11)14/h2-5,8H,7H2,1H3. The lowest BCUT2D eigenvalue weighted by Crippen LogP contribution is -2.20. The monoisotopic (exact) mass is 259 g/mol. The Hall–Kier alpha value is -2.12. The zero-order chi connectivity index (χ0) is 13.1. The second kappa shape index (κ2) is 5.03. The van der Waals surface area contributed by atoms with Crippen LogP contribution in [-0.2, 0) is 6.54 Å². The Kier molecular flexibility index (Phi) is 3.45. The molecule has 2 rings (SSSR count). The van der Waals surface area contributed by atoms with Crippen LogP contribution in [0, 0.1) is 18.3 Å². The Morgan fingerprint density at radius 3 is 2.83 bits per heavy atom. The van der Waals surface area contributed by atoms with Gasteiger partial charge in [0.2, 0.25) is 0 Å². The van der Waals surface area contributed by atoms with Crippen molar-refractivity contribution in [1.29, 1.82) is 5.26 Å². The molecule has 0 fully saturated rings. The van der Waals surface area contributed by atoms with Crippen molar-refractivity contribution < 1.29 is 0 Å². The molecule has 0 aliphatic rings. The summed E-state index contributed by atoms with van der Waals surface area (Å²) in [5.41, 5.74) is 1.84. The molecule has 0 radical (unpaired) electrons. The highest BCUT2D eigenvalue weighted by molar-refractivity contribution is 6.31. The molecule has 0 aliphatic heterocycles. The highest BCUT2D eigenvalue weighted by Gasteiger charge is 2.04. The van der Waals surface area contributed by atoms with Gasteiger partial charge in [-0.2, -0.15) is 5.26 Å². The molecule has 0 N–H and O–H groups in total. The molecule has 1 aromatic heterocycles. The first kappa shape index (κ1) is 12.3. The highest BCUT2D eigenvalue weighted by Crippen LogP contribution is 2.18. The van der Waals surface area contributed by atoms with Crippen molar-refractivity contribution in [2.45, 2.75) is 13.5 Å². The number of aromatic nitrogens is 2. The van der Waals surface area contributed by atoms with Gasteiger partial charge in [0.1, 0.15) is 0 Å². The molecule has 5 heteroatoms. The van der Waals surface area contributed by atoms with Crippen LogP contribution >= 0.6 is 11.6 Å². The van der Waals surface area contributed by atoms with Crippen molar-refractivity contribution in [2.75, 3.05) is 0 Å². The van der Waals surface area contributed by atoms with Crippen molar-refractivity contribution in [2.24, 2.45) is 0 Å². The minimum atomic E-state index is -0.122. The van der Waals surface area contributed by atoms with E-state index in [0.717, 1.165) is 5.56 Å². The van der Waals surface area contributed by atoms with Crippen LogP contribution in [0.25, 0.3) is 0 Å². The molecule has 0 unspecified atom stereocenters. The molecular weight excluding hydrogens is 250 g/mol. The van der Waals surface area contributed by atoms with E-state index in [4.69, 9.17) is 16.9 Å². The maximum absolute atomic E-state index is 11.7. The normalized spacial score (nSPS) is 10.1. The molecule has 90 valence electrons. The molecule has 18 heavy (non-hydrogen) atoms. The number of aryl methyl sites for hydroxylation is 1. The van der Waals surface area contributed by atoms with Crippen molar-refractivity contribution >= 4 is 11.6 Å². The molecule has 4 nitrogen and oxygen atoms in total. The summed E-state index contributed by atoms with van der Waals surface area (Å²) in [4.78, 5) is 15.8. The molecule has 0 amide bonds. The topological polar surface area (TPSA) is 58.7 Å². The fourth-order valence-corrected chi connectivity index (χ4v) is 1.80. The van der Waals surface area contributed by atoms with Crippen LogP contribution in [-0.4, -0.2) is 9.55 Å². The maximum Gasteiger partial charge on any atom is 0.253 e. The van der Waals surface area contributed by atoms with Crippen molar-refractivity contribution in [3.8, 4) is 6.07 Å². The van der Waals surface area contributed by atoms with Crippen LogP contribution in [0.3, 0.4) is 0 Å². The van der Waals surface area contributed by atoms with E-state index in [9.17, 15) is 4.79 Å². The van der Waals surface area contributed by atoms with Gasteiger partial charge in [-0.3, -0.25) is 9.36 Å². The van der Waals surface area contributed by atoms with Crippen LogP contribution in [0.4, 0.5) is 0 Å². The Morgan fingerprint density at radius 1 is 1.44 bits per heavy atom. The average molecular weight is 260 g/mol. The molecule has 1 heterocycles. The van der Waals surface area contributed by atoms with Gasteiger partial charge in [-0.15, -0.1) is 0 Å². The van der Waals surface area contributed by atoms with Gasteiger partial charge in [0.25, 0.3) is 5.56 Å². The molecular formula is C13H10ClN3O. The van der Waals surface area contributed by atoms with Crippen molar-refractivity contribution in [3.05, 3.63) is 62.8 Å². The van der Waals surface area contributed by atoms with Gasteiger partial charge in [0, 0.05) is 16.8 Å². The summed E-state index contributed by atoms with van der Waals surface area (Å²) in [6.07, 6.45) is 1.49. The van der Waals surface area contributed by atoms with E-state index in [0.29, 0.717) is 22.8 Å². The second-order valence-electron chi connectivity index (χ2n) is 3.91. The van der Waals surface area contributed by atoms with Gasteiger partial charge >= 0.3 is 0 Å². The molecule has 0 saturated carbocycles. The molecule has 0 spiro atoms. The molecule has 0 bridgehead atoms. The first-order valence-electron chi connectivity index (χ1n) is 5.32. The van der Waals surface area contributed by atoms with Crippen LogP contribution in [0.15, 0.2) is 35.4 Å². The summed E-state index contributed by atoms with van der Waals surface area (Å²) in [7, 11) is 0. The van der Waals surface area contributed by atoms with Crippen LogP contribution in [0.1, 0.15) is 16.8 Å². The minimum absolute atomic E-state index is 0.122. The summed E-state index contributed by atoms with van der Waals surface area (Å²) in [6.45, 7) is 2.11. The number of hydrogen-bond donors (Lipinski definition) is 0. The molecule has 0 atom stereocenters. The van der Waals surface area contributed by atoms with E-state index in [1.807, 2.05) is 6.07 Å². The number of nitriles is 1. The summed E-state index contributed by atoms with van der Waals surface area (Å²) >= 11 is 6.05. The van der Waals surface area contributed by atoms with E-state index in [1.54, 1.807) is 25.1 Å². The molecule has 1 aromatic carbocycles. The third-order valence-electron chi connectivity index (χ3n) is 2.54. The summed E-state index contributed by atoms with van der Waals surface area (Å²) in [6, 6.07) is 8.49. The fourth-order valence-electron chi connectivity index (χ4n) is 1.56. The Bertz CT molecular complexity index is 685. The largest absolute Gasteiger partial charge is 0.295 e. The fraction of sp³-hybridized carbons (Fsp3) is 0.154. The van der Waals surface area contributed by atoms with Gasteiger partial charge < -0.3 is 0 Å². The lowest BCUT2D eigenvalue weighted by molar-refractivity contribution is 0.730. The van der Waals surface area contributed by atoms with Gasteiger partial charge in [-0.1, -0.05) is 17.7 Å². The zero-order valence-corrected chi connectivity index (χ0v) is 10.5. The van der Waals surface area contributed by atoms with E-state index in [2.05, 4.69) is 4.98 Å². The predicted molar refractivity (Wildman–Crippen MR) is 68.5 cm³/mol. The molecule has 0 saturated heterocycles. The third-order valence-corrected chi connectivity index (χ3v) is 2.89. The van der Waals surface area contributed by atoms with Crippen LogP contribution in [0.2, 0.25) is 5.02 Å². The van der Waals surface area contributed by atoms with Gasteiger partial charge in [-0.25, -0.2) is 4.98 Å². The lowest BCUT2D eigenvalue weighted by atomic mass is 10.1. The Morgan fingerprint density at radius 2 is 2.22 bits per heavy atom. The lowest BCUT2D eigenvalue weighted by Gasteiger charge is -2.07. The summed E-state index contributed by atoms with van der Waals surface area (Å²) in [5, 5.41) is 9.22. The Labute approximate surface area is 109 Å². The first-order chi connectivity index (χ1) is 8.60. The van der Waals surface area contributed by atoms with Crippen molar-refractivity contribution in [3.63, 3.8) is 0 Å². The average Bonchev–Trinajstić information content (AvgIpc) is 2.34. The van der Waals surface area contributed by atoms with E-state index >= 15 is 0 Å².